The largest absolute Gasteiger partial charge is 0.476 e. The molecule has 0 aliphatic carbocycles. The molecule has 4 aromatic rings. The summed E-state index contributed by atoms with van der Waals surface area (Å²) in [7, 11) is -3.97. The molecule has 0 spiro atoms. The predicted molar refractivity (Wildman–Crippen MR) is 151 cm³/mol. The predicted octanol–water partition coefficient (Wildman–Crippen LogP) is 4.98. The smallest absolute Gasteiger partial charge is 0.308 e. The Bertz CT molecular complexity index is 1690. The third-order valence-corrected chi connectivity index (χ3v) is 9.31. The van der Waals surface area contributed by atoms with Crippen LogP contribution in [0.2, 0.25) is 0 Å². The van der Waals surface area contributed by atoms with Gasteiger partial charge in [0.25, 0.3) is 15.9 Å². The molecule has 5 rings (SSSR count). The topological polar surface area (TPSA) is 97.7 Å². The highest BCUT2D eigenvalue weighted by molar-refractivity contribution is 7.92. The maximum atomic E-state index is 13.8. The summed E-state index contributed by atoms with van der Waals surface area (Å²) in [5.41, 5.74) is 2.44. The van der Waals surface area contributed by atoms with Gasteiger partial charge in [0, 0.05) is 12.2 Å². The first-order chi connectivity index (χ1) is 18.0. The molecule has 2 heterocycles. The summed E-state index contributed by atoms with van der Waals surface area (Å²) in [6.45, 7) is 8.42. The number of anilines is 2. The Morgan fingerprint density at radius 3 is 2.50 bits per heavy atom. The van der Waals surface area contributed by atoms with Gasteiger partial charge in [-0.15, -0.1) is 0 Å². The van der Waals surface area contributed by atoms with Gasteiger partial charge in [0.2, 0.25) is 0 Å². The zero-order valence-electron chi connectivity index (χ0n) is 21.6. The van der Waals surface area contributed by atoms with Gasteiger partial charge in [0.05, 0.1) is 27.3 Å². The zero-order chi connectivity index (χ0) is 27.2. The lowest BCUT2D eigenvalue weighted by Gasteiger charge is -2.36. The van der Waals surface area contributed by atoms with Crippen LogP contribution >= 0.6 is 11.3 Å². The summed E-state index contributed by atoms with van der Waals surface area (Å²) in [6, 6.07) is 18.9. The first-order valence-electron chi connectivity index (χ1n) is 12.3. The van der Waals surface area contributed by atoms with Crippen LogP contribution < -0.4 is 19.2 Å². The Morgan fingerprint density at radius 2 is 1.82 bits per heavy atom. The van der Waals surface area contributed by atoms with E-state index in [-0.39, 0.29) is 21.7 Å². The van der Waals surface area contributed by atoms with E-state index in [1.807, 2.05) is 39.8 Å². The van der Waals surface area contributed by atoms with E-state index in [0.29, 0.717) is 23.7 Å². The molecule has 8 nitrogen and oxygen atoms in total. The summed E-state index contributed by atoms with van der Waals surface area (Å²) in [6.07, 6.45) is -1.09. The quantitative estimate of drug-likeness (QED) is 0.378. The number of hydrogen-bond donors (Lipinski definition) is 1. The van der Waals surface area contributed by atoms with Crippen molar-refractivity contribution >= 4 is 48.9 Å². The molecule has 1 aliphatic rings. The molecule has 1 unspecified atom stereocenters. The molecular weight excluding hydrogens is 522 g/mol. The highest BCUT2D eigenvalue weighted by atomic mass is 32.2. The minimum absolute atomic E-state index is 0.0606. The average molecular weight is 552 g/mol. The number of benzene rings is 3. The molecule has 3 aromatic carbocycles. The van der Waals surface area contributed by atoms with E-state index < -0.39 is 22.0 Å². The molecule has 38 heavy (non-hydrogen) atoms. The molecule has 0 saturated heterocycles. The SMILES string of the molecule is CCn1c(=O)sc2cc(NC(=O)C3CN(S(=O)(=O)c4ccccc4)c4cc(C(C)(C)C)ccc4O3)ccc21. The van der Waals surface area contributed by atoms with Crippen LogP contribution in [0.3, 0.4) is 0 Å². The monoisotopic (exact) mass is 551 g/mol. The number of hydrogen-bond acceptors (Lipinski definition) is 6. The van der Waals surface area contributed by atoms with E-state index in [4.69, 9.17) is 4.74 Å². The summed E-state index contributed by atoms with van der Waals surface area (Å²) in [4.78, 5) is 25.6. The average Bonchev–Trinajstić information content (AvgIpc) is 3.21. The van der Waals surface area contributed by atoms with Gasteiger partial charge in [-0.3, -0.25) is 18.5 Å². The van der Waals surface area contributed by atoms with Gasteiger partial charge in [-0.1, -0.05) is 56.4 Å². The standard InChI is InChI=1S/C28H29N3O5S2/c1-5-30-21-13-12-19(16-25(21)37-27(30)33)29-26(32)24-17-31(38(34,35)20-9-7-6-8-10-20)22-15-18(28(2,3)4)11-14-23(22)36-24/h6-16,24H,5,17H2,1-4H3,(H,29,32). The summed E-state index contributed by atoms with van der Waals surface area (Å²) in [5.74, 6) is -0.164. The number of amides is 1. The summed E-state index contributed by atoms with van der Waals surface area (Å²) in [5, 5.41) is 2.84. The number of nitrogens with zero attached hydrogens (tertiary/aromatic N) is 2. The van der Waals surface area contributed by atoms with Crippen LogP contribution in [0.1, 0.15) is 33.3 Å². The Kier molecular flexibility index (Phi) is 6.56. The first-order valence-corrected chi connectivity index (χ1v) is 14.6. The van der Waals surface area contributed by atoms with Crippen molar-refractivity contribution in [3.63, 3.8) is 0 Å². The molecule has 1 amide bonds. The van der Waals surface area contributed by atoms with Crippen LogP contribution in [0, 0.1) is 0 Å². The van der Waals surface area contributed by atoms with Crippen LogP contribution in [0.15, 0.2) is 76.4 Å². The highest BCUT2D eigenvalue weighted by Gasteiger charge is 2.38. The van der Waals surface area contributed by atoms with Crippen molar-refractivity contribution in [1.82, 2.24) is 4.57 Å². The van der Waals surface area contributed by atoms with Gasteiger partial charge in [-0.2, -0.15) is 0 Å². The second kappa shape index (κ2) is 9.59. The van der Waals surface area contributed by atoms with E-state index in [1.165, 1.54) is 16.4 Å². The van der Waals surface area contributed by atoms with E-state index >= 15 is 0 Å². The Balaban J connectivity index is 1.50. The molecule has 198 valence electrons. The van der Waals surface area contributed by atoms with Crippen molar-refractivity contribution in [2.24, 2.45) is 0 Å². The van der Waals surface area contributed by atoms with Gasteiger partial charge in [-0.25, -0.2) is 8.42 Å². The van der Waals surface area contributed by atoms with Crippen molar-refractivity contribution in [3.8, 4) is 5.75 Å². The molecular formula is C28H29N3O5S2. The van der Waals surface area contributed by atoms with E-state index in [0.717, 1.165) is 27.1 Å². The number of rotatable bonds is 5. The zero-order valence-corrected chi connectivity index (χ0v) is 23.2. The number of aryl methyl sites for hydroxylation is 1. The summed E-state index contributed by atoms with van der Waals surface area (Å²) >= 11 is 1.11. The molecule has 1 N–H and O–H groups in total. The third kappa shape index (κ3) is 4.69. The molecule has 10 heteroatoms. The number of nitrogens with one attached hydrogen (secondary N) is 1. The maximum absolute atomic E-state index is 13.8. The first kappa shape index (κ1) is 26.0. The number of ether oxygens (including phenoxy) is 1. The molecule has 1 aliphatic heterocycles. The normalized spacial score (nSPS) is 15.7. The van der Waals surface area contributed by atoms with Crippen molar-refractivity contribution in [1.29, 1.82) is 0 Å². The van der Waals surface area contributed by atoms with Crippen molar-refractivity contribution in [2.45, 2.75) is 50.7 Å². The van der Waals surface area contributed by atoms with Crippen LogP contribution in [-0.2, 0) is 26.8 Å². The minimum atomic E-state index is -3.97. The molecule has 0 saturated carbocycles. The molecule has 1 aromatic heterocycles. The van der Waals surface area contributed by atoms with Gasteiger partial charge in [0.1, 0.15) is 5.75 Å². The van der Waals surface area contributed by atoms with Gasteiger partial charge in [-0.05, 0) is 60.4 Å². The number of fused-ring (bicyclic) bond motifs is 2. The molecule has 0 radical (unpaired) electrons. The lowest BCUT2D eigenvalue weighted by atomic mass is 9.86. The lowest BCUT2D eigenvalue weighted by molar-refractivity contribution is -0.122. The Hall–Kier alpha value is -3.63. The van der Waals surface area contributed by atoms with E-state index in [9.17, 15) is 18.0 Å². The van der Waals surface area contributed by atoms with Crippen molar-refractivity contribution in [2.75, 3.05) is 16.2 Å². The number of thiazole rings is 1. The highest BCUT2D eigenvalue weighted by Crippen LogP contribution is 2.40. The number of aromatic nitrogens is 1. The van der Waals surface area contributed by atoms with Crippen LogP contribution in [0.4, 0.5) is 11.4 Å². The van der Waals surface area contributed by atoms with Gasteiger partial charge in [0.15, 0.2) is 6.10 Å². The lowest BCUT2D eigenvalue weighted by Crippen LogP contribution is -2.49. The van der Waals surface area contributed by atoms with Crippen LogP contribution in [0.5, 0.6) is 5.75 Å². The fourth-order valence-corrected chi connectivity index (χ4v) is 6.95. The van der Waals surface area contributed by atoms with Crippen LogP contribution in [0.25, 0.3) is 10.2 Å². The second-order valence-corrected chi connectivity index (χ2v) is 13.0. The number of carbonyl (C=O) groups is 1. The fourth-order valence-electron chi connectivity index (χ4n) is 4.47. The van der Waals surface area contributed by atoms with E-state index in [1.54, 1.807) is 47.0 Å². The Labute approximate surface area is 225 Å². The molecule has 1 atom stereocenters. The van der Waals surface area contributed by atoms with Gasteiger partial charge >= 0.3 is 4.87 Å². The molecule has 0 fully saturated rings. The number of carbonyl (C=O) groups excluding carboxylic acids is 1. The van der Waals surface area contributed by atoms with Gasteiger partial charge < -0.3 is 10.1 Å². The van der Waals surface area contributed by atoms with Crippen molar-refractivity contribution < 1.29 is 17.9 Å². The number of sulfonamides is 1. The third-order valence-electron chi connectivity index (χ3n) is 6.57. The fraction of sp³-hybridized carbons (Fsp3) is 0.286. The second-order valence-electron chi connectivity index (χ2n) is 10.2. The maximum Gasteiger partial charge on any atom is 0.308 e. The minimum Gasteiger partial charge on any atom is -0.476 e. The van der Waals surface area contributed by atoms with Crippen LogP contribution in [-0.4, -0.2) is 31.5 Å². The summed E-state index contributed by atoms with van der Waals surface area (Å²) < 4.78 is 37.3. The van der Waals surface area contributed by atoms with E-state index in [2.05, 4.69) is 5.32 Å². The molecule has 0 bridgehead atoms. The van der Waals surface area contributed by atoms with Crippen molar-refractivity contribution in [3.05, 3.63) is 82.0 Å². The Morgan fingerprint density at radius 1 is 1.08 bits per heavy atom.